The van der Waals surface area contributed by atoms with Crippen LogP contribution >= 0.6 is 0 Å². The summed E-state index contributed by atoms with van der Waals surface area (Å²) in [5.41, 5.74) is 3.56. The normalized spacial score (nSPS) is 30.9. The molecule has 0 bridgehead atoms. The fourth-order valence-corrected chi connectivity index (χ4v) is 3.26. The molecule has 2 rings (SSSR count). The number of esters is 1. The molecule has 2 aliphatic carbocycles. The smallest absolute Gasteiger partial charge is 0.333 e. The summed E-state index contributed by atoms with van der Waals surface area (Å²) in [6, 6.07) is 0. The average molecular weight is 246 g/mol. The molecule has 18 heavy (non-hydrogen) atoms. The van der Waals surface area contributed by atoms with Crippen LogP contribution in [0.25, 0.3) is 0 Å². The van der Waals surface area contributed by atoms with E-state index < -0.39 is 0 Å². The van der Waals surface area contributed by atoms with Gasteiger partial charge in [0.1, 0.15) is 0 Å². The fraction of sp³-hybridized carbons (Fsp3) is 0.562. The van der Waals surface area contributed by atoms with E-state index in [-0.39, 0.29) is 11.9 Å². The SMILES string of the molecule is C=C(C(=O)OC)C1CC=C(C)C2CC=C(C)C2C1. The van der Waals surface area contributed by atoms with E-state index in [0.29, 0.717) is 17.4 Å². The van der Waals surface area contributed by atoms with Gasteiger partial charge in [-0.25, -0.2) is 4.79 Å². The van der Waals surface area contributed by atoms with Gasteiger partial charge in [0.05, 0.1) is 7.11 Å². The molecular weight excluding hydrogens is 224 g/mol. The molecule has 0 aromatic rings. The second kappa shape index (κ2) is 5.13. The lowest BCUT2D eigenvalue weighted by atomic mass is 9.81. The number of methoxy groups -OCH3 is 1. The first-order chi connectivity index (χ1) is 8.54. The number of allylic oxidation sites excluding steroid dienone is 4. The van der Waals surface area contributed by atoms with Gasteiger partial charge in [-0.1, -0.05) is 29.9 Å². The monoisotopic (exact) mass is 246 g/mol. The highest BCUT2D eigenvalue weighted by molar-refractivity contribution is 5.88. The van der Waals surface area contributed by atoms with Gasteiger partial charge < -0.3 is 4.74 Å². The molecule has 98 valence electrons. The largest absolute Gasteiger partial charge is 0.466 e. The summed E-state index contributed by atoms with van der Waals surface area (Å²) in [4.78, 5) is 11.6. The van der Waals surface area contributed by atoms with E-state index in [2.05, 4.69) is 32.6 Å². The molecule has 0 N–H and O–H groups in total. The predicted molar refractivity (Wildman–Crippen MR) is 73.0 cm³/mol. The fourth-order valence-electron chi connectivity index (χ4n) is 3.26. The van der Waals surface area contributed by atoms with Crippen LogP contribution in [0.5, 0.6) is 0 Å². The highest BCUT2D eigenvalue weighted by Crippen LogP contribution is 2.44. The van der Waals surface area contributed by atoms with Gasteiger partial charge in [-0.15, -0.1) is 0 Å². The predicted octanol–water partition coefficient (Wildman–Crippen LogP) is 3.65. The van der Waals surface area contributed by atoms with Gasteiger partial charge in [0, 0.05) is 5.57 Å². The number of carbonyl (C=O) groups is 1. The molecule has 0 fully saturated rings. The van der Waals surface area contributed by atoms with Crippen molar-refractivity contribution < 1.29 is 9.53 Å². The summed E-state index contributed by atoms with van der Waals surface area (Å²) in [5.74, 6) is 1.18. The molecule has 0 spiro atoms. The van der Waals surface area contributed by atoms with Gasteiger partial charge in [-0.05, 0) is 50.9 Å². The Bertz CT molecular complexity index is 428. The summed E-state index contributed by atoms with van der Waals surface area (Å²) in [7, 11) is 1.43. The van der Waals surface area contributed by atoms with Crippen LogP contribution in [0.3, 0.4) is 0 Å². The highest BCUT2D eigenvalue weighted by atomic mass is 16.5. The van der Waals surface area contributed by atoms with Crippen LogP contribution in [0.2, 0.25) is 0 Å². The van der Waals surface area contributed by atoms with Gasteiger partial charge in [0.2, 0.25) is 0 Å². The lowest BCUT2D eigenvalue weighted by Gasteiger charge is -2.24. The molecular formula is C16H22O2. The molecule has 2 nitrogen and oxygen atoms in total. The van der Waals surface area contributed by atoms with Crippen LogP contribution in [0, 0.1) is 17.8 Å². The maximum absolute atomic E-state index is 11.6. The summed E-state index contributed by atoms with van der Waals surface area (Å²) >= 11 is 0. The molecule has 3 unspecified atom stereocenters. The first-order valence-corrected chi connectivity index (χ1v) is 6.65. The Labute approximate surface area is 109 Å². The van der Waals surface area contributed by atoms with E-state index in [1.807, 2.05) is 0 Å². The molecule has 0 aliphatic heterocycles. The van der Waals surface area contributed by atoms with Crippen molar-refractivity contribution in [3.05, 3.63) is 35.5 Å². The minimum absolute atomic E-state index is 0.226. The number of hydrogen-bond donors (Lipinski definition) is 0. The molecule has 0 heterocycles. The van der Waals surface area contributed by atoms with Crippen LogP contribution in [-0.2, 0) is 9.53 Å². The van der Waals surface area contributed by atoms with Gasteiger partial charge in [0.15, 0.2) is 0 Å². The summed E-state index contributed by atoms with van der Waals surface area (Å²) in [6.07, 6.45) is 7.72. The third-order valence-electron chi connectivity index (χ3n) is 4.55. The van der Waals surface area contributed by atoms with Crippen molar-refractivity contribution in [1.29, 1.82) is 0 Å². The summed E-state index contributed by atoms with van der Waals surface area (Å²) < 4.78 is 4.80. The third kappa shape index (κ3) is 2.29. The van der Waals surface area contributed by atoms with Crippen molar-refractivity contribution in [3.8, 4) is 0 Å². The van der Waals surface area contributed by atoms with E-state index in [1.165, 1.54) is 18.3 Å². The van der Waals surface area contributed by atoms with Crippen molar-refractivity contribution in [3.63, 3.8) is 0 Å². The third-order valence-corrected chi connectivity index (χ3v) is 4.55. The maximum Gasteiger partial charge on any atom is 0.333 e. The summed E-state index contributed by atoms with van der Waals surface area (Å²) in [6.45, 7) is 8.36. The topological polar surface area (TPSA) is 26.3 Å². The molecule has 2 aliphatic rings. The van der Waals surface area contributed by atoms with Crippen LogP contribution in [0.1, 0.15) is 33.1 Å². The number of rotatable bonds is 2. The Morgan fingerprint density at radius 1 is 1.22 bits per heavy atom. The van der Waals surface area contributed by atoms with E-state index in [9.17, 15) is 4.79 Å². The minimum Gasteiger partial charge on any atom is -0.466 e. The Hall–Kier alpha value is -1.31. The molecule has 0 saturated heterocycles. The first kappa shape index (κ1) is 13.1. The van der Waals surface area contributed by atoms with Crippen molar-refractivity contribution in [2.75, 3.05) is 7.11 Å². The first-order valence-electron chi connectivity index (χ1n) is 6.65. The standard InChI is InChI=1S/C16H22O2/c1-10-5-7-13(12(3)16(17)18-4)9-15-11(2)6-8-14(10)15/h5-6,13-15H,3,7-9H2,1-2,4H3. The number of fused-ring (bicyclic) bond motifs is 1. The van der Waals surface area contributed by atoms with Crippen LogP contribution in [0.4, 0.5) is 0 Å². The number of carbonyl (C=O) groups excluding carboxylic acids is 1. The zero-order chi connectivity index (χ0) is 13.3. The zero-order valence-electron chi connectivity index (χ0n) is 11.5. The molecule has 0 saturated carbocycles. The van der Waals surface area contributed by atoms with Crippen molar-refractivity contribution in [1.82, 2.24) is 0 Å². The van der Waals surface area contributed by atoms with Crippen molar-refractivity contribution in [2.45, 2.75) is 33.1 Å². The quantitative estimate of drug-likeness (QED) is 0.422. The second-order valence-corrected chi connectivity index (χ2v) is 5.53. The summed E-state index contributed by atoms with van der Waals surface area (Å²) in [5, 5.41) is 0. The maximum atomic E-state index is 11.6. The molecule has 0 aromatic heterocycles. The van der Waals surface area contributed by atoms with Gasteiger partial charge >= 0.3 is 5.97 Å². The minimum atomic E-state index is -0.260. The Morgan fingerprint density at radius 3 is 2.50 bits per heavy atom. The molecule has 3 atom stereocenters. The van der Waals surface area contributed by atoms with Gasteiger partial charge in [-0.3, -0.25) is 0 Å². The number of ether oxygens (including phenoxy) is 1. The lowest BCUT2D eigenvalue weighted by molar-refractivity contribution is -0.136. The molecule has 0 aromatic carbocycles. The van der Waals surface area contributed by atoms with Gasteiger partial charge in [0.25, 0.3) is 0 Å². The van der Waals surface area contributed by atoms with Crippen LogP contribution < -0.4 is 0 Å². The van der Waals surface area contributed by atoms with E-state index in [4.69, 9.17) is 4.74 Å². The highest BCUT2D eigenvalue weighted by Gasteiger charge is 2.34. The van der Waals surface area contributed by atoms with Crippen molar-refractivity contribution >= 4 is 5.97 Å². The number of hydrogen-bond acceptors (Lipinski definition) is 2. The van der Waals surface area contributed by atoms with E-state index in [1.54, 1.807) is 0 Å². The lowest BCUT2D eigenvalue weighted by Crippen LogP contribution is -2.18. The second-order valence-electron chi connectivity index (χ2n) is 5.53. The Balaban J connectivity index is 2.19. The Morgan fingerprint density at radius 2 is 1.83 bits per heavy atom. The Kier molecular flexibility index (Phi) is 3.74. The van der Waals surface area contributed by atoms with Crippen LogP contribution in [0.15, 0.2) is 35.5 Å². The van der Waals surface area contributed by atoms with E-state index >= 15 is 0 Å². The van der Waals surface area contributed by atoms with Crippen molar-refractivity contribution in [2.24, 2.45) is 17.8 Å². The van der Waals surface area contributed by atoms with Gasteiger partial charge in [-0.2, -0.15) is 0 Å². The molecule has 2 heteroatoms. The van der Waals surface area contributed by atoms with E-state index in [0.717, 1.165) is 19.3 Å². The zero-order valence-corrected chi connectivity index (χ0v) is 11.5. The molecule has 0 amide bonds. The average Bonchev–Trinajstić information content (AvgIpc) is 2.64. The van der Waals surface area contributed by atoms with Crippen LogP contribution in [-0.4, -0.2) is 13.1 Å². The molecule has 0 radical (unpaired) electrons.